The van der Waals surface area contributed by atoms with Crippen molar-refractivity contribution >= 4 is 23.5 Å². The summed E-state index contributed by atoms with van der Waals surface area (Å²) in [5.41, 5.74) is 0.890. The lowest BCUT2D eigenvalue weighted by Crippen LogP contribution is -2.19. The van der Waals surface area contributed by atoms with Crippen molar-refractivity contribution in [1.29, 1.82) is 0 Å². The van der Waals surface area contributed by atoms with Crippen LogP contribution in [0.5, 0.6) is 0 Å². The Labute approximate surface area is 149 Å². The van der Waals surface area contributed by atoms with Gasteiger partial charge >= 0.3 is 11.9 Å². The second-order valence-corrected chi connectivity index (χ2v) is 5.77. The topological polar surface area (TPSA) is 93.1 Å². The predicted octanol–water partition coefficient (Wildman–Crippen LogP) is 4.00. The van der Waals surface area contributed by atoms with Crippen LogP contribution in [0.2, 0.25) is 5.02 Å². The van der Waals surface area contributed by atoms with E-state index in [1.165, 1.54) is 20.3 Å². The van der Waals surface area contributed by atoms with Crippen LogP contribution in [0.15, 0.2) is 30.3 Å². The third kappa shape index (κ3) is 3.66. The van der Waals surface area contributed by atoms with Crippen LogP contribution in [0.4, 0.5) is 0 Å². The number of hydrogen-bond acceptors (Lipinski definition) is 4. The molecule has 0 radical (unpaired) electrons. The smallest absolute Gasteiger partial charge is 0.336 e. The van der Waals surface area contributed by atoms with E-state index in [0.29, 0.717) is 21.7 Å². The Balaban J connectivity index is 2.95. The average molecular weight is 365 g/mol. The van der Waals surface area contributed by atoms with Crippen molar-refractivity contribution in [3.8, 4) is 11.1 Å². The highest BCUT2D eigenvalue weighted by atomic mass is 35.5. The molecule has 0 bridgehead atoms. The second-order valence-electron chi connectivity index (χ2n) is 5.33. The van der Waals surface area contributed by atoms with E-state index in [-0.39, 0.29) is 16.7 Å². The van der Waals surface area contributed by atoms with E-state index < -0.39 is 18.2 Å². The van der Waals surface area contributed by atoms with E-state index in [4.69, 9.17) is 21.1 Å². The molecule has 0 aliphatic carbocycles. The highest BCUT2D eigenvalue weighted by molar-refractivity contribution is 6.30. The largest absolute Gasteiger partial charge is 0.478 e. The molecule has 0 fully saturated rings. The van der Waals surface area contributed by atoms with Gasteiger partial charge in [-0.15, -0.1) is 0 Å². The molecule has 0 heterocycles. The minimum atomic E-state index is -1.29. The van der Waals surface area contributed by atoms with E-state index in [1.807, 2.05) is 0 Å². The maximum atomic E-state index is 12.0. The summed E-state index contributed by atoms with van der Waals surface area (Å²) >= 11 is 6.01. The number of benzene rings is 2. The Morgan fingerprint density at radius 1 is 1.04 bits per heavy atom. The summed E-state index contributed by atoms with van der Waals surface area (Å²) in [5.74, 6) is -2.54. The van der Waals surface area contributed by atoms with Crippen molar-refractivity contribution in [2.45, 2.75) is 13.2 Å². The number of aromatic carboxylic acids is 2. The van der Waals surface area contributed by atoms with Crippen LogP contribution < -0.4 is 0 Å². The second kappa shape index (κ2) is 7.65. The summed E-state index contributed by atoms with van der Waals surface area (Å²) in [6, 6.07) is 8.18. The molecule has 132 valence electrons. The summed E-state index contributed by atoms with van der Waals surface area (Å²) in [6.07, 6.45) is -1.14. The third-order valence-corrected chi connectivity index (χ3v) is 4.03. The van der Waals surface area contributed by atoms with Gasteiger partial charge in [-0.2, -0.15) is 0 Å². The fourth-order valence-electron chi connectivity index (χ4n) is 2.81. The summed E-state index contributed by atoms with van der Waals surface area (Å²) in [6.45, 7) is 1.59. The molecule has 2 aromatic carbocycles. The van der Waals surface area contributed by atoms with Gasteiger partial charge in [0.15, 0.2) is 6.29 Å². The number of hydrogen-bond donors (Lipinski definition) is 2. The van der Waals surface area contributed by atoms with E-state index in [9.17, 15) is 19.8 Å². The number of ether oxygens (including phenoxy) is 2. The van der Waals surface area contributed by atoms with Gasteiger partial charge in [0.25, 0.3) is 0 Å². The first-order valence-electron chi connectivity index (χ1n) is 7.27. The molecule has 7 heteroatoms. The number of carboxylic acids is 2. The van der Waals surface area contributed by atoms with E-state index >= 15 is 0 Å². The van der Waals surface area contributed by atoms with Crippen molar-refractivity contribution in [1.82, 2.24) is 0 Å². The standard InChI is InChI=1S/C18H17ClO6/c1-9-7-12(10-5-4-6-11(19)8-10)14(17(22)23)15(13(9)16(20)21)18(24-2)25-3/h4-8,18H,1-3H3,(H,20,21)(H,22,23). The Hall–Kier alpha value is -2.41. The van der Waals surface area contributed by atoms with E-state index in [2.05, 4.69) is 0 Å². The molecule has 2 N–H and O–H groups in total. The van der Waals surface area contributed by atoms with Crippen molar-refractivity contribution < 1.29 is 29.3 Å². The first-order valence-corrected chi connectivity index (χ1v) is 7.65. The molecule has 0 spiro atoms. The van der Waals surface area contributed by atoms with Gasteiger partial charge < -0.3 is 19.7 Å². The first-order chi connectivity index (χ1) is 11.8. The predicted molar refractivity (Wildman–Crippen MR) is 92.3 cm³/mol. The van der Waals surface area contributed by atoms with Crippen molar-refractivity contribution in [3.63, 3.8) is 0 Å². The highest BCUT2D eigenvalue weighted by Crippen LogP contribution is 2.36. The van der Waals surface area contributed by atoms with Crippen LogP contribution in [0.3, 0.4) is 0 Å². The maximum absolute atomic E-state index is 12.0. The zero-order valence-electron chi connectivity index (χ0n) is 13.9. The SMILES string of the molecule is COC(OC)c1c(C(=O)O)c(C)cc(-c2cccc(Cl)c2)c1C(=O)O. The van der Waals surface area contributed by atoms with Crippen LogP contribution in [-0.4, -0.2) is 36.4 Å². The van der Waals surface area contributed by atoms with Gasteiger partial charge in [-0.05, 0) is 41.8 Å². The number of rotatable bonds is 6. The molecule has 0 aliphatic heterocycles. The normalized spacial score (nSPS) is 10.9. The molecule has 0 saturated heterocycles. The van der Waals surface area contributed by atoms with Crippen LogP contribution in [-0.2, 0) is 9.47 Å². The summed E-state index contributed by atoms with van der Waals surface area (Å²) < 4.78 is 10.3. The number of aryl methyl sites for hydroxylation is 1. The molecular weight excluding hydrogens is 348 g/mol. The summed E-state index contributed by atoms with van der Waals surface area (Å²) in [4.78, 5) is 23.7. The van der Waals surface area contributed by atoms with Gasteiger partial charge in [0.1, 0.15) is 0 Å². The number of methoxy groups -OCH3 is 2. The van der Waals surface area contributed by atoms with Crippen molar-refractivity contribution in [2.75, 3.05) is 14.2 Å². The molecule has 0 unspecified atom stereocenters. The van der Waals surface area contributed by atoms with E-state index in [0.717, 1.165) is 0 Å². The number of carbonyl (C=O) groups is 2. The Bertz CT molecular complexity index is 827. The average Bonchev–Trinajstić information content (AvgIpc) is 2.54. The fourth-order valence-corrected chi connectivity index (χ4v) is 3.00. The number of carboxylic acid groups (broad SMARTS) is 2. The zero-order chi connectivity index (χ0) is 18.7. The molecule has 0 saturated carbocycles. The first kappa shape index (κ1) is 18.9. The Morgan fingerprint density at radius 3 is 2.12 bits per heavy atom. The van der Waals surface area contributed by atoms with Crippen LogP contribution >= 0.6 is 11.6 Å². The monoisotopic (exact) mass is 364 g/mol. The molecular formula is C18H17ClO6. The van der Waals surface area contributed by atoms with Crippen LogP contribution in [0.1, 0.15) is 38.1 Å². The molecule has 25 heavy (non-hydrogen) atoms. The van der Waals surface area contributed by atoms with Gasteiger partial charge in [-0.25, -0.2) is 9.59 Å². The third-order valence-electron chi connectivity index (χ3n) is 3.79. The van der Waals surface area contributed by atoms with Crippen molar-refractivity contribution in [2.24, 2.45) is 0 Å². The number of halogens is 1. The highest BCUT2D eigenvalue weighted by Gasteiger charge is 2.30. The van der Waals surface area contributed by atoms with Gasteiger partial charge in [-0.1, -0.05) is 23.7 Å². The maximum Gasteiger partial charge on any atom is 0.336 e. The van der Waals surface area contributed by atoms with Gasteiger partial charge in [-0.3, -0.25) is 0 Å². The molecule has 0 aliphatic rings. The Kier molecular flexibility index (Phi) is 5.79. The summed E-state index contributed by atoms with van der Waals surface area (Å²) in [5, 5.41) is 19.8. The van der Waals surface area contributed by atoms with E-state index in [1.54, 1.807) is 31.2 Å². The lowest BCUT2D eigenvalue weighted by Gasteiger charge is -2.22. The molecule has 0 aromatic heterocycles. The van der Waals surface area contributed by atoms with Gasteiger partial charge in [0.05, 0.1) is 11.1 Å². The zero-order valence-corrected chi connectivity index (χ0v) is 14.6. The molecule has 6 nitrogen and oxygen atoms in total. The Morgan fingerprint density at radius 2 is 1.64 bits per heavy atom. The van der Waals surface area contributed by atoms with Gasteiger partial charge in [0, 0.05) is 24.8 Å². The van der Waals surface area contributed by atoms with Crippen LogP contribution in [0, 0.1) is 6.92 Å². The van der Waals surface area contributed by atoms with Crippen LogP contribution in [0.25, 0.3) is 11.1 Å². The quantitative estimate of drug-likeness (QED) is 0.752. The molecule has 0 amide bonds. The lowest BCUT2D eigenvalue weighted by molar-refractivity contribution is -0.106. The lowest BCUT2D eigenvalue weighted by atomic mass is 9.88. The molecule has 2 aromatic rings. The summed E-state index contributed by atoms with van der Waals surface area (Å²) in [7, 11) is 2.62. The fraction of sp³-hybridized carbons (Fsp3) is 0.222. The minimum absolute atomic E-state index is 0.0417. The minimum Gasteiger partial charge on any atom is -0.478 e. The molecule has 2 rings (SSSR count). The van der Waals surface area contributed by atoms with Crippen molar-refractivity contribution in [3.05, 3.63) is 57.6 Å². The molecule has 0 atom stereocenters. The van der Waals surface area contributed by atoms with Gasteiger partial charge in [0.2, 0.25) is 0 Å².